The van der Waals surface area contributed by atoms with Crippen LogP contribution in [0.1, 0.15) is 23.1 Å². The Kier molecular flexibility index (Phi) is 4.99. The standard InChI is InChI=1S/C10H15F3N2O2S2/c1-6(4-10(11,12)13)15-19(16,17)9-3-8(5-14)18-7(9)2/h3,6,15H,4-5,14H2,1-2H3. The summed E-state index contributed by atoms with van der Waals surface area (Å²) in [6.07, 6.45) is -5.62. The van der Waals surface area contributed by atoms with Crippen LogP contribution in [0.4, 0.5) is 13.2 Å². The van der Waals surface area contributed by atoms with Crippen LogP contribution >= 0.6 is 11.3 Å². The summed E-state index contributed by atoms with van der Waals surface area (Å²) < 4.78 is 62.5. The fourth-order valence-corrected chi connectivity index (χ4v) is 4.37. The van der Waals surface area contributed by atoms with Crippen molar-refractivity contribution in [1.29, 1.82) is 0 Å². The predicted octanol–water partition coefficient (Wildman–Crippen LogP) is 2.13. The molecule has 9 heteroatoms. The number of thiophene rings is 1. The zero-order chi connectivity index (χ0) is 14.8. The van der Waals surface area contributed by atoms with Gasteiger partial charge in [-0.2, -0.15) is 13.2 Å². The van der Waals surface area contributed by atoms with Crippen molar-refractivity contribution in [2.75, 3.05) is 0 Å². The molecule has 0 aliphatic carbocycles. The predicted molar refractivity (Wildman–Crippen MR) is 67.4 cm³/mol. The highest BCUT2D eigenvalue weighted by atomic mass is 32.2. The molecular formula is C10H15F3N2O2S2. The summed E-state index contributed by atoms with van der Waals surface area (Å²) in [6, 6.07) is 0.174. The number of sulfonamides is 1. The minimum absolute atomic E-state index is 0.00743. The Bertz CT molecular complexity index is 537. The maximum absolute atomic E-state index is 12.2. The number of nitrogens with one attached hydrogen (secondary N) is 1. The second-order valence-electron chi connectivity index (χ2n) is 4.18. The Hall–Kier alpha value is -0.640. The van der Waals surface area contributed by atoms with Crippen LogP contribution < -0.4 is 10.5 Å². The molecule has 1 unspecified atom stereocenters. The van der Waals surface area contributed by atoms with Crippen LogP contribution in [0.25, 0.3) is 0 Å². The molecule has 110 valence electrons. The largest absolute Gasteiger partial charge is 0.390 e. The van der Waals surface area contributed by atoms with E-state index in [0.29, 0.717) is 9.75 Å². The van der Waals surface area contributed by atoms with Crippen molar-refractivity contribution in [2.45, 2.75) is 43.9 Å². The van der Waals surface area contributed by atoms with Crippen molar-refractivity contribution in [3.05, 3.63) is 15.8 Å². The number of aryl methyl sites for hydroxylation is 1. The molecule has 4 nitrogen and oxygen atoms in total. The Balaban J connectivity index is 2.89. The summed E-state index contributed by atoms with van der Waals surface area (Å²) >= 11 is 1.22. The van der Waals surface area contributed by atoms with Crippen molar-refractivity contribution in [3.63, 3.8) is 0 Å². The Morgan fingerprint density at radius 3 is 2.47 bits per heavy atom. The average Bonchev–Trinajstić information content (AvgIpc) is 2.56. The van der Waals surface area contributed by atoms with Gasteiger partial charge in [-0.1, -0.05) is 0 Å². The van der Waals surface area contributed by atoms with E-state index in [1.165, 1.54) is 24.3 Å². The van der Waals surface area contributed by atoms with Gasteiger partial charge in [0.1, 0.15) is 0 Å². The van der Waals surface area contributed by atoms with Crippen LogP contribution in [0, 0.1) is 6.92 Å². The van der Waals surface area contributed by atoms with E-state index in [4.69, 9.17) is 5.73 Å². The van der Waals surface area contributed by atoms with E-state index in [2.05, 4.69) is 0 Å². The molecule has 1 atom stereocenters. The first-order chi connectivity index (χ1) is 8.55. The summed E-state index contributed by atoms with van der Waals surface area (Å²) in [5, 5.41) is 0. The highest BCUT2D eigenvalue weighted by Crippen LogP contribution is 2.27. The third-order valence-electron chi connectivity index (χ3n) is 2.31. The van der Waals surface area contributed by atoms with Crippen molar-refractivity contribution >= 4 is 21.4 Å². The summed E-state index contributed by atoms with van der Waals surface area (Å²) in [5.41, 5.74) is 5.41. The van der Waals surface area contributed by atoms with Gasteiger partial charge in [-0.05, 0) is 19.9 Å². The summed E-state index contributed by atoms with van der Waals surface area (Å²) in [4.78, 5) is 1.17. The van der Waals surface area contributed by atoms with Gasteiger partial charge in [0.25, 0.3) is 0 Å². The minimum atomic E-state index is -4.41. The molecule has 0 radical (unpaired) electrons. The van der Waals surface area contributed by atoms with E-state index in [0.717, 1.165) is 0 Å². The van der Waals surface area contributed by atoms with Crippen LogP contribution in [-0.4, -0.2) is 20.6 Å². The molecule has 0 fully saturated rings. The van der Waals surface area contributed by atoms with E-state index >= 15 is 0 Å². The van der Waals surface area contributed by atoms with Crippen LogP contribution in [0.15, 0.2) is 11.0 Å². The molecule has 1 heterocycles. The van der Waals surface area contributed by atoms with Crippen LogP contribution in [-0.2, 0) is 16.6 Å². The molecular weight excluding hydrogens is 301 g/mol. The van der Waals surface area contributed by atoms with E-state index in [1.807, 2.05) is 4.72 Å². The topological polar surface area (TPSA) is 72.2 Å². The lowest BCUT2D eigenvalue weighted by molar-refractivity contribution is -0.137. The number of hydrogen-bond acceptors (Lipinski definition) is 4. The molecule has 0 saturated carbocycles. The van der Waals surface area contributed by atoms with Crippen molar-refractivity contribution in [3.8, 4) is 0 Å². The van der Waals surface area contributed by atoms with Crippen LogP contribution in [0.5, 0.6) is 0 Å². The molecule has 0 amide bonds. The fraction of sp³-hybridized carbons (Fsp3) is 0.600. The Morgan fingerprint density at radius 1 is 1.47 bits per heavy atom. The summed E-state index contributed by atoms with van der Waals surface area (Å²) in [7, 11) is -3.95. The lowest BCUT2D eigenvalue weighted by Gasteiger charge is -2.15. The van der Waals surface area contributed by atoms with Gasteiger partial charge in [0, 0.05) is 22.3 Å². The lowest BCUT2D eigenvalue weighted by Crippen LogP contribution is -2.36. The van der Waals surface area contributed by atoms with E-state index < -0.39 is 28.7 Å². The molecule has 1 aromatic rings. The van der Waals surface area contributed by atoms with E-state index in [-0.39, 0.29) is 11.4 Å². The maximum atomic E-state index is 12.2. The van der Waals surface area contributed by atoms with Crippen LogP contribution in [0.3, 0.4) is 0 Å². The van der Waals surface area contributed by atoms with Gasteiger partial charge in [-0.15, -0.1) is 11.3 Å². The second-order valence-corrected chi connectivity index (χ2v) is 7.20. The molecule has 0 aromatic carbocycles. The SMILES string of the molecule is Cc1sc(CN)cc1S(=O)(=O)NC(C)CC(F)(F)F. The van der Waals surface area contributed by atoms with Gasteiger partial charge in [-0.25, -0.2) is 13.1 Å². The number of halogens is 3. The van der Waals surface area contributed by atoms with Crippen molar-refractivity contribution < 1.29 is 21.6 Å². The fourth-order valence-electron chi connectivity index (χ4n) is 1.61. The Labute approximate surface area is 113 Å². The number of hydrogen-bond donors (Lipinski definition) is 2. The molecule has 1 aromatic heterocycles. The van der Waals surface area contributed by atoms with Gasteiger partial charge in [0.2, 0.25) is 10.0 Å². The molecule has 1 rings (SSSR count). The zero-order valence-electron chi connectivity index (χ0n) is 10.4. The van der Waals surface area contributed by atoms with Crippen molar-refractivity contribution in [1.82, 2.24) is 4.72 Å². The van der Waals surface area contributed by atoms with Gasteiger partial charge >= 0.3 is 6.18 Å². The first kappa shape index (κ1) is 16.4. The van der Waals surface area contributed by atoms with Gasteiger partial charge in [0.05, 0.1) is 11.3 Å². The summed E-state index contributed by atoms with van der Waals surface area (Å²) in [5.74, 6) is 0. The quantitative estimate of drug-likeness (QED) is 0.874. The minimum Gasteiger partial charge on any atom is -0.326 e. The monoisotopic (exact) mass is 316 g/mol. The first-order valence-electron chi connectivity index (χ1n) is 5.43. The van der Waals surface area contributed by atoms with Crippen molar-refractivity contribution in [2.24, 2.45) is 5.73 Å². The normalized spacial score (nSPS) is 14.6. The third kappa shape index (κ3) is 4.75. The summed E-state index contributed by atoms with van der Waals surface area (Å²) in [6.45, 7) is 2.96. The van der Waals surface area contributed by atoms with Crippen LogP contribution in [0.2, 0.25) is 0 Å². The highest BCUT2D eigenvalue weighted by Gasteiger charge is 2.32. The number of nitrogens with two attached hydrogens (primary N) is 1. The van der Waals surface area contributed by atoms with E-state index in [1.54, 1.807) is 6.92 Å². The van der Waals surface area contributed by atoms with Gasteiger partial charge < -0.3 is 5.73 Å². The Morgan fingerprint density at radius 2 is 2.05 bits per heavy atom. The molecule has 0 spiro atoms. The molecule has 3 N–H and O–H groups in total. The lowest BCUT2D eigenvalue weighted by atomic mass is 10.2. The second kappa shape index (κ2) is 5.78. The number of rotatable bonds is 5. The maximum Gasteiger partial charge on any atom is 0.390 e. The van der Waals surface area contributed by atoms with Gasteiger partial charge in [-0.3, -0.25) is 0 Å². The van der Waals surface area contributed by atoms with E-state index in [9.17, 15) is 21.6 Å². The third-order valence-corrected chi connectivity index (χ3v) is 5.23. The molecule has 0 aliphatic rings. The average molecular weight is 316 g/mol. The molecule has 19 heavy (non-hydrogen) atoms. The molecule has 0 saturated heterocycles. The first-order valence-corrected chi connectivity index (χ1v) is 7.73. The van der Waals surface area contributed by atoms with Gasteiger partial charge in [0.15, 0.2) is 0 Å². The highest BCUT2D eigenvalue weighted by molar-refractivity contribution is 7.89. The molecule has 0 bridgehead atoms. The molecule has 0 aliphatic heterocycles. The zero-order valence-corrected chi connectivity index (χ0v) is 12.0. The number of alkyl halides is 3. The smallest absolute Gasteiger partial charge is 0.326 e.